The van der Waals surface area contributed by atoms with Gasteiger partial charge in [0.05, 0.1) is 25.7 Å². The summed E-state index contributed by atoms with van der Waals surface area (Å²) in [6, 6.07) is 21.4. The first-order chi connectivity index (χ1) is 15.7. The Morgan fingerprint density at radius 1 is 1.03 bits per heavy atom. The summed E-state index contributed by atoms with van der Waals surface area (Å²) in [6.45, 7) is 4.95. The van der Waals surface area contributed by atoms with E-state index in [4.69, 9.17) is 4.74 Å². The smallest absolute Gasteiger partial charge is 0.224 e. The molecule has 0 bridgehead atoms. The van der Waals surface area contributed by atoms with Crippen LogP contribution < -0.4 is 10.2 Å². The molecule has 0 saturated carbocycles. The second-order valence-corrected chi connectivity index (χ2v) is 8.84. The van der Waals surface area contributed by atoms with E-state index in [1.807, 2.05) is 18.2 Å². The number of hydrogen-bond acceptors (Lipinski definition) is 4. The van der Waals surface area contributed by atoms with Gasteiger partial charge in [-0.1, -0.05) is 54.6 Å². The van der Waals surface area contributed by atoms with Crippen LogP contribution in [0.3, 0.4) is 0 Å². The van der Waals surface area contributed by atoms with Gasteiger partial charge in [-0.25, -0.2) is 0 Å². The largest absolute Gasteiger partial charge is 0.379 e. The zero-order valence-corrected chi connectivity index (χ0v) is 18.7. The highest BCUT2D eigenvalue weighted by Gasteiger charge is 2.25. The summed E-state index contributed by atoms with van der Waals surface area (Å²) in [7, 11) is 2.15. The number of hydrogen-bond donors (Lipinski definition) is 1. The molecule has 166 valence electrons. The van der Waals surface area contributed by atoms with E-state index >= 15 is 0 Å². The van der Waals surface area contributed by atoms with E-state index in [0.717, 1.165) is 50.2 Å². The van der Waals surface area contributed by atoms with Gasteiger partial charge in [0.2, 0.25) is 5.91 Å². The summed E-state index contributed by atoms with van der Waals surface area (Å²) in [5, 5.41) is 5.56. The van der Waals surface area contributed by atoms with Crippen molar-refractivity contribution in [1.82, 2.24) is 10.2 Å². The molecular weight excluding hydrogens is 398 g/mol. The van der Waals surface area contributed by atoms with E-state index in [-0.39, 0.29) is 11.9 Å². The molecule has 32 heavy (non-hydrogen) atoms. The van der Waals surface area contributed by atoms with Crippen molar-refractivity contribution in [2.45, 2.75) is 18.9 Å². The van der Waals surface area contributed by atoms with E-state index in [1.54, 1.807) is 0 Å². The predicted molar refractivity (Wildman–Crippen MR) is 129 cm³/mol. The van der Waals surface area contributed by atoms with E-state index in [9.17, 15) is 4.79 Å². The van der Waals surface area contributed by atoms with Crippen LogP contribution in [0.15, 0.2) is 60.7 Å². The van der Waals surface area contributed by atoms with Crippen LogP contribution >= 0.6 is 0 Å². The van der Waals surface area contributed by atoms with Gasteiger partial charge < -0.3 is 15.0 Å². The Morgan fingerprint density at radius 3 is 2.72 bits per heavy atom. The fraction of sp³-hybridized carbons (Fsp3) is 0.370. The van der Waals surface area contributed by atoms with E-state index in [2.05, 4.69) is 64.6 Å². The summed E-state index contributed by atoms with van der Waals surface area (Å²) < 4.78 is 5.58. The molecule has 0 aromatic heterocycles. The molecule has 1 unspecified atom stereocenters. The molecule has 1 atom stereocenters. The van der Waals surface area contributed by atoms with Crippen molar-refractivity contribution < 1.29 is 9.53 Å². The number of likely N-dealkylation sites (N-methyl/N-ethyl adjacent to an activating group) is 1. The van der Waals surface area contributed by atoms with E-state index in [1.165, 1.54) is 22.2 Å². The maximum absolute atomic E-state index is 12.9. The molecule has 0 radical (unpaired) electrons. The van der Waals surface area contributed by atoms with E-state index < -0.39 is 0 Å². The lowest BCUT2D eigenvalue weighted by molar-refractivity contribution is -0.120. The van der Waals surface area contributed by atoms with Crippen molar-refractivity contribution in [2.24, 2.45) is 0 Å². The quantitative estimate of drug-likeness (QED) is 0.651. The Hall–Kier alpha value is -2.89. The number of morpholine rings is 1. The van der Waals surface area contributed by atoms with Crippen molar-refractivity contribution in [3.63, 3.8) is 0 Å². The lowest BCUT2D eigenvalue weighted by Gasteiger charge is -2.35. The summed E-state index contributed by atoms with van der Waals surface area (Å²) in [5.41, 5.74) is 5.09. The average molecular weight is 430 g/mol. The standard InChI is InChI=1S/C27H31N3O2/c1-29-12-11-23-17-22(9-10-25(23)29)26(30-13-15-32-16-14-30)19-28-27(31)18-21-7-4-6-20-5-2-3-8-24(20)21/h2-10,17,26H,11-16,18-19H2,1H3,(H,28,31). The summed E-state index contributed by atoms with van der Waals surface area (Å²) >= 11 is 0. The number of carbonyl (C=O) groups is 1. The molecule has 1 saturated heterocycles. The number of anilines is 1. The van der Waals surface area contributed by atoms with Gasteiger partial charge >= 0.3 is 0 Å². The van der Waals surface area contributed by atoms with Gasteiger partial charge in [0.15, 0.2) is 0 Å². The Bertz CT molecular complexity index is 1100. The molecule has 5 heteroatoms. The summed E-state index contributed by atoms with van der Waals surface area (Å²) in [6.07, 6.45) is 1.48. The highest BCUT2D eigenvalue weighted by molar-refractivity contribution is 5.90. The van der Waals surface area contributed by atoms with Crippen LogP contribution in [0.25, 0.3) is 10.8 Å². The maximum atomic E-state index is 12.9. The molecule has 5 nitrogen and oxygen atoms in total. The minimum Gasteiger partial charge on any atom is -0.379 e. The van der Waals surface area contributed by atoms with Crippen molar-refractivity contribution in [1.29, 1.82) is 0 Å². The van der Waals surface area contributed by atoms with Crippen LogP contribution in [-0.4, -0.2) is 57.2 Å². The lowest BCUT2D eigenvalue weighted by Crippen LogP contribution is -2.44. The molecule has 1 N–H and O–H groups in total. The first-order valence-corrected chi connectivity index (χ1v) is 11.6. The number of rotatable bonds is 6. The van der Waals surface area contributed by atoms with Crippen molar-refractivity contribution in [3.8, 4) is 0 Å². The van der Waals surface area contributed by atoms with Crippen LogP contribution in [0.2, 0.25) is 0 Å². The minimum absolute atomic E-state index is 0.0699. The minimum atomic E-state index is 0.0699. The van der Waals surface area contributed by atoms with Crippen LogP contribution in [0.4, 0.5) is 5.69 Å². The van der Waals surface area contributed by atoms with Crippen molar-refractivity contribution in [2.75, 3.05) is 51.3 Å². The average Bonchev–Trinajstić information content (AvgIpc) is 3.20. The maximum Gasteiger partial charge on any atom is 0.224 e. The van der Waals surface area contributed by atoms with Crippen LogP contribution in [0, 0.1) is 0 Å². The van der Waals surface area contributed by atoms with Crippen LogP contribution in [0.1, 0.15) is 22.7 Å². The number of ether oxygens (including phenoxy) is 1. The molecule has 0 aliphatic carbocycles. The first kappa shape index (κ1) is 21.0. The topological polar surface area (TPSA) is 44.8 Å². The second-order valence-electron chi connectivity index (χ2n) is 8.84. The van der Waals surface area contributed by atoms with Gasteiger partial charge in [-0.3, -0.25) is 9.69 Å². The molecule has 1 fully saturated rings. The molecule has 2 aliphatic rings. The molecule has 3 aromatic carbocycles. The van der Waals surface area contributed by atoms with Gasteiger partial charge in [-0.05, 0) is 39.9 Å². The molecule has 0 spiro atoms. The monoisotopic (exact) mass is 429 g/mol. The highest BCUT2D eigenvalue weighted by atomic mass is 16.5. The molecule has 2 aliphatic heterocycles. The Kier molecular flexibility index (Phi) is 6.10. The Labute approximate surface area is 190 Å². The van der Waals surface area contributed by atoms with Crippen molar-refractivity contribution >= 4 is 22.4 Å². The first-order valence-electron chi connectivity index (χ1n) is 11.6. The molecule has 2 heterocycles. The number of nitrogens with one attached hydrogen (secondary N) is 1. The van der Waals surface area contributed by atoms with E-state index in [0.29, 0.717) is 13.0 Å². The van der Waals surface area contributed by atoms with Crippen LogP contribution in [-0.2, 0) is 22.4 Å². The normalized spacial score (nSPS) is 17.3. The Balaban J connectivity index is 1.32. The number of benzene rings is 3. The van der Waals surface area contributed by atoms with Gasteiger partial charge in [0.25, 0.3) is 0 Å². The SMILES string of the molecule is CN1CCc2cc(C(CNC(=O)Cc3cccc4ccccc34)N3CCOCC3)ccc21. The third-order valence-electron chi connectivity index (χ3n) is 6.83. The van der Waals surface area contributed by atoms with Gasteiger partial charge in [0.1, 0.15) is 0 Å². The summed E-state index contributed by atoms with van der Waals surface area (Å²) in [5.74, 6) is 0.0699. The van der Waals surface area contributed by atoms with Gasteiger partial charge in [-0.2, -0.15) is 0 Å². The number of nitrogens with zero attached hydrogens (tertiary/aromatic N) is 2. The molecule has 3 aromatic rings. The fourth-order valence-corrected chi connectivity index (χ4v) is 5.03. The lowest BCUT2D eigenvalue weighted by atomic mass is 10.00. The molecule has 1 amide bonds. The third-order valence-corrected chi connectivity index (χ3v) is 6.83. The van der Waals surface area contributed by atoms with Gasteiger partial charge in [0, 0.05) is 38.9 Å². The zero-order valence-electron chi connectivity index (χ0n) is 18.7. The zero-order chi connectivity index (χ0) is 21.9. The Morgan fingerprint density at radius 2 is 1.84 bits per heavy atom. The fourth-order valence-electron chi connectivity index (χ4n) is 5.03. The molecule has 5 rings (SSSR count). The number of amides is 1. The molecular formula is C27H31N3O2. The second kappa shape index (κ2) is 9.31. The summed E-state index contributed by atoms with van der Waals surface area (Å²) in [4.78, 5) is 17.7. The van der Waals surface area contributed by atoms with Gasteiger partial charge in [-0.15, -0.1) is 0 Å². The van der Waals surface area contributed by atoms with Crippen LogP contribution in [0.5, 0.6) is 0 Å². The predicted octanol–water partition coefficient (Wildman–Crippen LogP) is 3.56. The van der Waals surface area contributed by atoms with Crippen molar-refractivity contribution in [3.05, 3.63) is 77.4 Å². The number of carbonyl (C=O) groups excluding carboxylic acids is 1. The highest BCUT2D eigenvalue weighted by Crippen LogP contribution is 2.31. The number of fused-ring (bicyclic) bond motifs is 2. The third kappa shape index (κ3) is 4.36.